The Labute approximate surface area is 125 Å². The van der Waals surface area contributed by atoms with E-state index in [2.05, 4.69) is 43.5 Å². The second-order valence-electron chi connectivity index (χ2n) is 4.45. The summed E-state index contributed by atoms with van der Waals surface area (Å²) in [7, 11) is 0. The summed E-state index contributed by atoms with van der Waals surface area (Å²) in [6, 6.07) is 18.2. The molecule has 0 fully saturated rings. The van der Waals surface area contributed by atoms with E-state index < -0.39 is 0 Å². The quantitative estimate of drug-likeness (QED) is 0.737. The Morgan fingerprint density at radius 2 is 1.70 bits per heavy atom. The van der Waals surface area contributed by atoms with E-state index in [1.165, 1.54) is 5.56 Å². The van der Waals surface area contributed by atoms with Crippen molar-refractivity contribution in [1.29, 1.82) is 0 Å². The number of rotatable bonds is 4. The minimum Gasteiger partial charge on any atom is -0.164 e. The zero-order chi connectivity index (χ0) is 13.8. The third kappa shape index (κ3) is 3.11. The molecule has 0 N–H and O–H groups in total. The molecule has 100 valence electrons. The largest absolute Gasteiger partial charge is 0.204 e. The van der Waals surface area contributed by atoms with Gasteiger partial charge in [0.05, 0.1) is 6.54 Å². The molecule has 0 aliphatic carbocycles. The summed E-state index contributed by atoms with van der Waals surface area (Å²) in [4.78, 5) is 1.64. The number of hydrogen-bond donors (Lipinski definition) is 0. The average Bonchev–Trinajstić information content (AvgIpc) is 2.96. The van der Waals surface area contributed by atoms with E-state index in [9.17, 15) is 0 Å². The van der Waals surface area contributed by atoms with E-state index in [4.69, 9.17) is 0 Å². The first-order chi connectivity index (χ1) is 9.81. The van der Waals surface area contributed by atoms with Crippen molar-refractivity contribution in [2.45, 2.75) is 13.0 Å². The minimum absolute atomic E-state index is 0.658. The molecule has 1 heterocycles. The third-order valence-corrected chi connectivity index (χ3v) is 3.53. The number of aromatic nitrogens is 4. The molecule has 4 nitrogen and oxygen atoms in total. The van der Waals surface area contributed by atoms with Gasteiger partial charge in [0.15, 0.2) is 0 Å². The third-order valence-electron chi connectivity index (χ3n) is 3.00. The summed E-state index contributed by atoms with van der Waals surface area (Å²) in [6.45, 7) is 0.730. The highest BCUT2D eigenvalue weighted by Gasteiger charge is 2.05. The Hall–Kier alpha value is -2.01. The number of tetrazole rings is 1. The normalized spacial score (nSPS) is 10.7. The average molecular weight is 329 g/mol. The monoisotopic (exact) mass is 328 g/mol. The number of nitrogens with zero attached hydrogens (tertiary/aromatic N) is 4. The predicted octanol–water partition coefficient (Wildman–Crippen LogP) is 3.35. The van der Waals surface area contributed by atoms with Crippen LogP contribution < -0.4 is 0 Å². The van der Waals surface area contributed by atoms with Gasteiger partial charge in [0, 0.05) is 10.0 Å². The van der Waals surface area contributed by atoms with E-state index in [0.717, 1.165) is 23.0 Å². The second-order valence-corrected chi connectivity index (χ2v) is 5.37. The van der Waals surface area contributed by atoms with Gasteiger partial charge in [0.25, 0.3) is 0 Å². The zero-order valence-corrected chi connectivity index (χ0v) is 12.4. The van der Waals surface area contributed by atoms with Crippen LogP contribution >= 0.6 is 15.9 Å². The van der Waals surface area contributed by atoms with E-state index in [0.29, 0.717) is 5.82 Å². The fourth-order valence-electron chi connectivity index (χ4n) is 1.93. The van der Waals surface area contributed by atoms with Crippen molar-refractivity contribution in [3.63, 3.8) is 0 Å². The summed E-state index contributed by atoms with van der Waals surface area (Å²) in [5.74, 6) is 0.658. The van der Waals surface area contributed by atoms with Crippen LogP contribution in [-0.2, 0) is 13.0 Å². The van der Waals surface area contributed by atoms with E-state index >= 15 is 0 Å². The van der Waals surface area contributed by atoms with Crippen LogP contribution in [0, 0.1) is 0 Å². The Kier molecular flexibility index (Phi) is 3.87. The van der Waals surface area contributed by atoms with Crippen LogP contribution in [-0.4, -0.2) is 20.2 Å². The fourth-order valence-corrected chi connectivity index (χ4v) is 2.19. The molecule has 5 heteroatoms. The van der Waals surface area contributed by atoms with Crippen LogP contribution in [0.5, 0.6) is 0 Å². The van der Waals surface area contributed by atoms with Crippen LogP contribution in [0.3, 0.4) is 0 Å². The van der Waals surface area contributed by atoms with Crippen molar-refractivity contribution in [2.24, 2.45) is 0 Å². The van der Waals surface area contributed by atoms with Crippen LogP contribution in [0.15, 0.2) is 59.1 Å². The van der Waals surface area contributed by atoms with Gasteiger partial charge < -0.3 is 0 Å². The maximum Gasteiger partial charge on any atom is 0.204 e. The topological polar surface area (TPSA) is 43.6 Å². The van der Waals surface area contributed by atoms with Gasteiger partial charge in [0.2, 0.25) is 5.82 Å². The number of aryl methyl sites for hydroxylation is 2. The van der Waals surface area contributed by atoms with Crippen molar-refractivity contribution in [2.75, 3.05) is 0 Å². The Bertz CT molecular complexity index is 677. The molecule has 0 saturated carbocycles. The fraction of sp³-hybridized carbons (Fsp3) is 0.133. The highest BCUT2D eigenvalue weighted by Crippen LogP contribution is 2.17. The van der Waals surface area contributed by atoms with Crippen LogP contribution in [0.4, 0.5) is 0 Å². The first-order valence-corrected chi connectivity index (χ1v) is 7.18. The van der Waals surface area contributed by atoms with Crippen LogP contribution in [0.25, 0.3) is 11.4 Å². The van der Waals surface area contributed by atoms with Crippen molar-refractivity contribution < 1.29 is 0 Å². The molecule has 20 heavy (non-hydrogen) atoms. The maximum atomic E-state index is 4.40. The lowest BCUT2D eigenvalue weighted by Crippen LogP contribution is -2.05. The highest BCUT2D eigenvalue weighted by molar-refractivity contribution is 9.10. The molecule has 0 aliphatic rings. The molecule has 0 radical (unpaired) electrons. The standard InChI is InChI=1S/C15H13BrN4/c16-14-8-6-13(7-9-14)15-17-19-20(18-15)11-10-12-4-2-1-3-5-12/h1-9H,10-11H2. The molecular formula is C15H13BrN4. The molecule has 0 unspecified atom stereocenters. The zero-order valence-electron chi connectivity index (χ0n) is 10.8. The van der Waals surface area contributed by atoms with Gasteiger partial charge >= 0.3 is 0 Å². The van der Waals surface area contributed by atoms with E-state index in [1.54, 1.807) is 4.80 Å². The molecule has 0 bridgehead atoms. The molecule has 0 amide bonds. The first kappa shape index (κ1) is 13.0. The SMILES string of the molecule is Brc1ccc(-c2nnn(CCc3ccccc3)n2)cc1. The summed E-state index contributed by atoms with van der Waals surface area (Å²) in [6.07, 6.45) is 0.900. The molecule has 3 aromatic rings. The van der Waals surface area contributed by atoms with Gasteiger partial charge in [-0.3, -0.25) is 0 Å². The van der Waals surface area contributed by atoms with Gasteiger partial charge in [-0.05, 0) is 41.5 Å². The van der Waals surface area contributed by atoms with Gasteiger partial charge in [-0.2, -0.15) is 4.80 Å². The molecule has 2 aromatic carbocycles. The van der Waals surface area contributed by atoms with E-state index in [-0.39, 0.29) is 0 Å². The molecule has 0 spiro atoms. The molecule has 1 aromatic heterocycles. The molecule has 3 rings (SSSR count). The molecular weight excluding hydrogens is 316 g/mol. The minimum atomic E-state index is 0.658. The van der Waals surface area contributed by atoms with Gasteiger partial charge in [-0.25, -0.2) is 0 Å². The summed E-state index contributed by atoms with van der Waals surface area (Å²) in [5.41, 5.74) is 2.24. The Balaban J connectivity index is 1.69. The van der Waals surface area contributed by atoms with Crippen LogP contribution in [0.1, 0.15) is 5.56 Å². The van der Waals surface area contributed by atoms with Gasteiger partial charge in [-0.1, -0.05) is 46.3 Å². The summed E-state index contributed by atoms with van der Waals surface area (Å²) < 4.78 is 1.04. The van der Waals surface area contributed by atoms with Crippen molar-refractivity contribution in [3.8, 4) is 11.4 Å². The number of halogens is 1. The highest BCUT2D eigenvalue weighted by atomic mass is 79.9. The molecule has 0 aliphatic heterocycles. The number of hydrogen-bond acceptors (Lipinski definition) is 3. The smallest absolute Gasteiger partial charge is 0.164 e. The van der Waals surface area contributed by atoms with E-state index in [1.807, 2.05) is 42.5 Å². The Morgan fingerprint density at radius 3 is 2.45 bits per heavy atom. The first-order valence-electron chi connectivity index (χ1n) is 6.39. The van der Waals surface area contributed by atoms with Crippen molar-refractivity contribution in [3.05, 3.63) is 64.6 Å². The lowest BCUT2D eigenvalue weighted by Gasteiger charge is -1.99. The predicted molar refractivity (Wildman–Crippen MR) is 81.1 cm³/mol. The maximum absolute atomic E-state index is 4.40. The van der Waals surface area contributed by atoms with Crippen molar-refractivity contribution in [1.82, 2.24) is 20.2 Å². The van der Waals surface area contributed by atoms with Crippen LogP contribution in [0.2, 0.25) is 0 Å². The van der Waals surface area contributed by atoms with Gasteiger partial charge in [0.1, 0.15) is 0 Å². The molecule has 0 saturated heterocycles. The Morgan fingerprint density at radius 1 is 0.950 bits per heavy atom. The lowest BCUT2D eigenvalue weighted by atomic mass is 10.2. The van der Waals surface area contributed by atoms with Crippen molar-refractivity contribution >= 4 is 15.9 Å². The number of benzene rings is 2. The summed E-state index contributed by atoms with van der Waals surface area (Å²) in [5, 5.41) is 12.6. The molecule has 0 atom stereocenters. The van der Waals surface area contributed by atoms with Gasteiger partial charge in [-0.15, -0.1) is 10.2 Å². The second kappa shape index (κ2) is 5.96. The summed E-state index contributed by atoms with van der Waals surface area (Å²) >= 11 is 3.41. The lowest BCUT2D eigenvalue weighted by molar-refractivity contribution is 0.523.